The second-order valence-electron chi connectivity index (χ2n) is 5.91. The van der Waals surface area contributed by atoms with Crippen LogP contribution in [0.25, 0.3) is 11.1 Å². The summed E-state index contributed by atoms with van der Waals surface area (Å²) in [5.74, 6) is -0.161. The molecule has 1 aliphatic carbocycles. The first kappa shape index (κ1) is 12.8. The molecule has 1 aromatic heterocycles. The van der Waals surface area contributed by atoms with Crippen LogP contribution >= 0.6 is 0 Å². The molecule has 4 nitrogen and oxygen atoms in total. The quantitative estimate of drug-likeness (QED) is 0.885. The monoisotopic (exact) mass is 274 g/mol. The van der Waals surface area contributed by atoms with Crippen molar-refractivity contribution in [1.82, 2.24) is 9.97 Å². The summed E-state index contributed by atoms with van der Waals surface area (Å²) in [6.45, 7) is 4.16. The molecule has 1 aromatic carbocycles. The van der Waals surface area contributed by atoms with Gasteiger partial charge in [0.1, 0.15) is 17.2 Å². The predicted molar refractivity (Wildman–Crippen MR) is 73.1 cm³/mol. The van der Waals surface area contributed by atoms with Gasteiger partial charge in [-0.05, 0) is 29.5 Å². The fourth-order valence-electron chi connectivity index (χ4n) is 2.48. The lowest BCUT2D eigenvalue weighted by Crippen LogP contribution is -2.14. The molecule has 1 fully saturated rings. The summed E-state index contributed by atoms with van der Waals surface area (Å²) < 4.78 is 13.2. The van der Waals surface area contributed by atoms with Crippen molar-refractivity contribution in [2.45, 2.75) is 26.2 Å². The maximum atomic E-state index is 13.2. The normalized spacial score (nSPS) is 19.9. The van der Waals surface area contributed by atoms with E-state index in [1.54, 1.807) is 6.07 Å². The average Bonchev–Trinajstić information content (AvgIpc) is 2.97. The molecule has 1 heterocycles. The lowest BCUT2D eigenvalue weighted by atomic mass is 10.1. The lowest BCUT2D eigenvalue weighted by Gasteiger charge is -2.07. The minimum Gasteiger partial charge on any atom is -0.493 e. The fraction of sp³-hybridized carbons (Fsp3) is 0.333. The van der Waals surface area contributed by atoms with Gasteiger partial charge < -0.3 is 10.1 Å². The third kappa shape index (κ3) is 2.09. The van der Waals surface area contributed by atoms with Crippen molar-refractivity contribution in [3.05, 3.63) is 46.3 Å². The Morgan fingerprint density at radius 3 is 2.70 bits per heavy atom. The molecule has 1 saturated carbocycles. The van der Waals surface area contributed by atoms with Gasteiger partial charge in [-0.1, -0.05) is 26.0 Å². The number of rotatable bonds is 2. The van der Waals surface area contributed by atoms with Gasteiger partial charge in [0.15, 0.2) is 0 Å². The van der Waals surface area contributed by atoms with Crippen molar-refractivity contribution in [2.24, 2.45) is 5.41 Å². The molecule has 2 aromatic rings. The van der Waals surface area contributed by atoms with Gasteiger partial charge in [0, 0.05) is 5.92 Å². The molecule has 5 heteroatoms. The molecule has 1 unspecified atom stereocenters. The standard InChI is InChI=1S/C15H15FN2O2/c1-15(2)7-10(15)12-17-13(19)11(14(20)18-12)8-4-3-5-9(16)6-8/h3-6,10H,7H2,1-2H3,(H2,17,18,19,20). The number of nitrogens with one attached hydrogen (secondary N) is 1. The smallest absolute Gasteiger partial charge is 0.262 e. The maximum absolute atomic E-state index is 13.2. The number of halogens is 1. The van der Waals surface area contributed by atoms with E-state index in [1.807, 2.05) is 0 Å². The minimum absolute atomic E-state index is 0.00621. The molecule has 20 heavy (non-hydrogen) atoms. The summed E-state index contributed by atoms with van der Waals surface area (Å²) in [5.41, 5.74) is -0.0201. The van der Waals surface area contributed by atoms with E-state index in [2.05, 4.69) is 23.8 Å². The Balaban J connectivity index is 2.08. The van der Waals surface area contributed by atoms with Crippen LogP contribution in [0.4, 0.5) is 4.39 Å². The van der Waals surface area contributed by atoms with Gasteiger partial charge in [-0.2, -0.15) is 4.98 Å². The van der Waals surface area contributed by atoms with Gasteiger partial charge in [-0.15, -0.1) is 0 Å². The Labute approximate surface area is 115 Å². The van der Waals surface area contributed by atoms with E-state index >= 15 is 0 Å². The van der Waals surface area contributed by atoms with E-state index in [1.165, 1.54) is 18.2 Å². The van der Waals surface area contributed by atoms with Crippen LogP contribution in [0.3, 0.4) is 0 Å². The van der Waals surface area contributed by atoms with Crippen molar-refractivity contribution < 1.29 is 9.50 Å². The van der Waals surface area contributed by atoms with Crippen molar-refractivity contribution in [3.63, 3.8) is 0 Å². The number of hydrogen-bond acceptors (Lipinski definition) is 3. The Morgan fingerprint density at radius 2 is 2.15 bits per heavy atom. The van der Waals surface area contributed by atoms with Gasteiger partial charge in [0.25, 0.3) is 5.56 Å². The van der Waals surface area contributed by atoms with Gasteiger partial charge in [0.05, 0.1) is 0 Å². The first-order valence-corrected chi connectivity index (χ1v) is 6.47. The zero-order chi connectivity index (χ0) is 14.5. The van der Waals surface area contributed by atoms with Crippen LogP contribution in [0.1, 0.15) is 32.0 Å². The van der Waals surface area contributed by atoms with Crippen LogP contribution < -0.4 is 5.56 Å². The Kier molecular flexibility index (Phi) is 2.67. The summed E-state index contributed by atoms with van der Waals surface area (Å²) in [5, 5.41) is 10.0. The molecule has 104 valence electrons. The summed E-state index contributed by atoms with van der Waals surface area (Å²) in [6, 6.07) is 5.53. The summed E-state index contributed by atoms with van der Waals surface area (Å²) in [6.07, 6.45) is 0.925. The van der Waals surface area contributed by atoms with Crippen LogP contribution in [-0.2, 0) is 0 Å². The molecule has 0 aliphatic heterocycles. The fourth-order valence-corrected chi connectivity index (χ4v) is 2.48. The zero-order valence-corrected chi connectivity index (χ0v) is 11.3. The number of aromatic nitrogens is 2. The minimum atomic E-state index is -0.464. The highest BCUT2D eigenvalue weighted by atomic mass is 19.1. The van der Waals surface area contributed by atoms with Gasteiger partial charge in [-0.3, -0.25) is 4.79 Å². The van der Waals surface area contributed by atoms with Gasteiger partial charge in [0.2, 0.25) is 5.88 Å². The summed E-state index contributed by atoms with van der Waals surface area (Å²) in [4.78, 5) is 18.9. The largest absolute Gasteiger partial charge is 0.493 e. The molecule has 0 amide bonds. The number of benzene rings is 1. The number of H-pyrrole nitrogens is 1. The second-order valence-corrected chi connectivity index (χ2v) is 5.91. The van der Waals surface area contributed by atoms with Crippen molar-refractivity contribution in [3.8, 4) is 17.0 Å². The number of hydrogen-bond donors (Lipinski definition) is 2. The van der Waals surface area contributed by atoms with E-state index in [0.717, 1.165) is 6.42 Å². The molecule has 0 bridgehead atoms. The van der Waals surface area contributed by atoms with Crippen molar-refractivity contribution in [1.29, 1.82) is 0 Å². The van der Waals surface area contributed by atoms with Crippen molar-refractivity contribution >= 4 is 0 Å². The lowest BCUT2D eigenvalue weighted by molar-refractivity contribution is 0.448. The molecule has 3 rings (SSSR count). The third-order valence-electron chi connectivity index (χ3n) is 3.88. The first-order valence-electron chi connectivity index (χ1n) is 6.47. The van der Waals surface area contributed by atoms with Crippen LogP contribution in [0.5, 0.6) is 5.88 Å². The molecule has 1 aliphatic rings. The highest BCUT2D eigenvalue weighted by Gasteiger charge is 2.48. The molecule has 2 N–H and O–H groups in total. The molecular formula is C15H15FN2O2. The Bertz CT molecular complexity index is 737. The van der Waals surface area contributed by atoms with Crippen molar-refractivity contribution in [2.75, 3.05) is 0 Å². The third-order valence-corrected chi connectivity index (χ3v) is 3.88. The molecule has 1 atom stereocenters. The molecular weight excluding hydrogens is 259 g/mol. The van der Waals surface area contributed by atoms with Crippen LogP contribution in [0, 0.1) is 11.2 Å². The number of aromatic hydroxyl groups is 1. The van der Waals surface area contributed by atoms with E-state index in [4.69, 9.17) is 0 Å². The van der Waals surface area contributed by atoms with Crippen LogP contribution in [-0.4, -0.2) is 15.1 Å². The van der Waals surface area contributed by atoms with E-state index in [-0.39, 0.29) is 22.8 Å². The van der Waals surface area contributed by atoms with E-state index in [0.29, 0.717) is 11.4 Å². The number of nitrogens with zero attached hydrogens (tertiary/aromatic N) is 1. The zero-order valence-electron chi connectivity index (χ0n) is 11.3. The average molecular weight is 274 g/mol. The summed E-state index contributed by atoms with van der Waals surface area (Å²) in [7, 11) is 0. The number of aromatic amines is 1. The van der Waals surface area contributed by atoms with E-state index in [9.17, 15) is 14.3 Å². The molecule has 0 saturated heterocycles. The second kappa shape index (κ2) is 4.16. The molecule has 0 spiro atoms. The van der Waals surface area contributed by atoms with Crippen LogP contribution in [0.2, 0.25) is 0 Å². The van der Waals surface area contributed by atoms with Gasteiger partial charge >= 0.3 is 0 Å². The highest BCUT2D eigenvalue weighted by Crippen LogP contribution is 2.57. The molecule has 0 radical (unpaired) electrons. The van der Waals surface area contributed by atoms with E-state index < -0.39 is 11.4 Å². The Morgan fingerprint density at radius 1 is 1.45 bits per heavy atom. The maximum Gasteiger partial charge on any atom is 0.262 e. The van der Waals surface area contributed by atoms with Crippen LogP contribution in [0.15, 0.2) is 29.1 Å². The highest BCUT2D eigenvalue weighted by molar-refractivity contribution is 5.67. The first-order chi connectivity index (χ1) is 9.38. The SMILES string of the molecule is CC1(C)CC1c1nc(O)c(-c2cccc(F)c2)c(=O)[nH]1. The predicted octanol–water partition coefficient (Wildman–Crippen LogP) is 2.80. The summed E-state index contributed by atoms with van der Waals surface area (Å²) >= 11 is 0. The van der Waals surface area contributed by atoms with Gasteiger partial charge in [-0.25, -0.2) is 4.39 Å². The Hall–Kier alpha value is -2.17. The topological polar surface area (TPSA) is 66.0 Å².